The number of likely N-dealkylation sites (tertiary alicyclic amines) is 1. The number of piperidine rings is 1. The van der Waals surface area contributed by atoms with Crippen molar-refractivity contribution in [3.63, 3.8) is 0 Å². The molecule has 0 radical (unpaired) electrons. The Morgan fingerprint density at radius 2 is 2.19 bits per heavy atom. The second kappa shape index (κ2) is 7.34. The number of nitrogens with one attached hydrogen (secondary N) is 1. The average molecular weight is 367 g/mol. The minimum absolute atomic E-state index is 0.130. The lowest BCUT2D eigenvalue weighted by molar-refractivity contribution is 0.177. The Morgan fingerprint density at radius 3 is 3.04 bits per heavy atom. The summed E-state index contributed by atoms with van der Waals surface area (Å²) >= 11 is 0. The molecule has 1 fully saturated rings. The molecule has 1 aliphatic rings. The number of aromatic nitrogens is 3. The van der Waals surface area contributed by atoms with Crippen LogP contribution in [-0.4, -0.2) is 38.6 Å². The minimum Gasteiger partial charge on any atom is -0.334 e. The van der Waals surface area contributed by atoms with Gasteiger partial charge in [-0.25, -0.2) is 9.18 Å². The molecule has 7 heteroatoms. The average Bonchev–Trinajstić information content (AvgIpc) is 3.13. The van der Waals surface area contributed by atoms with Crippen LogP contribution in [0.15, 0.2) is 42.6 Å². The summed E-state index contributed by atoms with van der Waals surface area (Å²) in [5.74, 6) is 0.792. The molecule has 0 saturated carbocycles. The SMILES string of the molecule is Cc1ccc(CNC(=O)N2CCCC(c3nnc4ccccn34)C2)cc1F. The van der Waals surface area contributed by atoms with Gasteiger partial charge in [0.05, 0.1) is 0 Å². The zero-order chi connectivity index (χ0) is 18.8. The lowest BCUT2D eigenvalue weighted by Gasteiger charge is -2.32. The lowest BCUT2D eigenvalue weighted by Crippen LogP contribution is -2.45. The van der Waals surface area contributed by atoms with Gasteiger partial charge in [0.1, 0.15) is 11.6 Å². The van der Waals surface area contributed by atoms with Crippen LogP contribution in [-0.2, 0) is 6.54 Å². The maximum Gasteiger partial charge on any atom is 0.317 e. The maximum atomic E-state index is 13.7. The van der Waals surface area contributed by atoms with Crippen LogP contribution in [0.25, 0.3) is 5.65 Å². The van der Waals surface area contributed by atoms with Crippen molar-refractivity contribution in [3.8, 4) is 0 Å². The molecule has 0 bridgehead atoms. The summed E-state index contributed by atoms with van der Waals surface area (Å²) in [6.07, 6.45) is 3.84. The molecular formula is C20H22FN5O. The molecule has 1 atom stereocenters. The predicted molar refractivity (Wildman–Crippen MR) is 99.9 cm³/mol. The molecule has 0 aliphatic carbocycles. The molecule has 1 saturated heterocycles. The molecule has 1 aromatic carbocycles. The number of carbonyl (C=O) groups excluding carboxylic acids is 1. The zero-order valence-corrected chi connectivity index (χ0v) is 15.2. The number of amides is 2. The van der Waals surface area contributed by atoms with Gasteiger partial charge in [0.25, 0.3) is 0 Å². The molecule has 1 N–H and O–H groups in total. The van der Waals surface area contributed by atoms with Gasteiger partial charge in [-0.2, -0.15) is 0 Å². The van der Waals surface area contributed by atoms with Gasteiger partial charge in [-0.3, -0.25) is 4.40 Å². The van der Waals surface area contributed by atoms with Crippen LogP contribution in [0.5, 0.6) is 0 Å². The number of rotatable bonds is 3. The summed E-state index contributed by atoms with van der Waals surface area (Å²) in [4.78, 5) is 14.4. The van der Waals surface area contributed by atoms with Crippen molar-refractivity contribution in [3.05, 3.63) is 65.4 Å². The highest BCUT2D eigenvalue weighted by molar-refractivity contribution is 5.74. The molecule has 2 amide bonds. The van der Waals surface area contributed by atoms with E-state index < -0.39 is 0 Å². The Morgan fingerprint density at radius 1 is 1.30 bits per heavy atom. The minimum atomic E-state index is -0.251. The van der Waals surface area contributed by atoms with Gasteiger partial charge in [0.15, 0.2) is 5.65 Å². The summed E-state index contributed by atoms with van der Waals surface area (Å²) < 4.78 is 15.6. The van der Waals surface area contributed by atoms with Crippen LogP contribution in [0.2, 0.25) is 0 Å². The Hall–Kier alpha value is -2.96. The van der Waals surface area contributed by atoms with Gasteiger partial charge in [-0.1, -0.05) is 18.2 Å². The summed E-state index contributed by atoms with van der Waals surface area (Å²) in [5.41, 5.74) is 2.17. The van der Waals surface area contributed by atoms with E-state index in [0.29, 0.717) is 25.2 Å². The van der Waals surface area contributed by atoms with Crippen molar-refractivity contribution >= 4 is 11.7 Å². The van der Waals surface area contributed by atoms with Crippen molar-refractivity contribution in [2.24, 2.45) is 0 Å². The smallest absolute Gasteiger partial charge is 0.317 e. The van der Waals surface area contributed by atoms with Crippen molar-refractivity contribution in [1.82, 2.24) is 24.8 Å². The van der Waals surface area contributed by atoms with Gasteiger partial charge in [0, 0.05) is 31.7 Å². The van der Waals surface area contributed by atoms with Gasteiger partial charge < -0.3 is 10.2 Å². The molecule has 4 rings (SSSR count). The van der Waals surface area contributed by atoms with Crippen LogP contribution < -0.4 is 5.32 Å². The number of halogens is 1. The summed E-state index contributed by atoms with van der Waals surface area (Å²) in [7, 11) is 0. The van der Waals surface area contributed by atoms with Crippen molar-refractivity contribution in [2.45, 2.75) is 32.2 Å². The molecule has 3 aromatic rings. The summed E-state index contributed by atoms with van der Waals surface area (Å²) in [5, 5.41) is 11.4. The van der Waals surface area contributed by atoms with E-state index in [9.17, 15) is 9.18 Å². The van der Waals surface area contributed by atoms with Crippen LogP contribution >= 0.6 is 0 Å². The number of benzene rings is 1. The lowest BCUT2D eigenvalue weighted by atomic mass is 9.97. The highest BCUT2D eigenvalue weighted by Crippen LogP contribution is 2.26. The first-order valence-electron chi connectivity index (χ1n) is 9.19. The maximum absolute atomic E-state index is 13.7. The Bertz CT molecular complexity index is 970. The van der Waals surface area contributed by atoms with Crippen LogP contribution in [0, 0.1) is 12.7 Å². The Labute approximate surface area is 157 Å². The fourth-order valence-electron chi connectivity index (χ4n) is 3.55. The van der Waals surface area contributed by atoms with Crippen molar-refractivity contribution in [1.29, 1.82) is 0 Å². The third-order valence-corrected chi connectivity index (χ3v) is 5.09. The molecular weight excluding hydrogens is 345 g/mol. The van der Waals surface area contributed by atoms with Crippen LogP contribution in [0.4, 0.5) is 9.18 Å². The summed E-state index contributed by atoms with van der Waals surface area (Å²) in [6, 6.07) is 10.7. The van der Waals surface area contributed by atoms with Gasteiger partial charge >= 0.3 is 6.03 Å². The number of aryl methyl sites for hydroxylation is 1. The van der Waals surface area contributed by atoms with E-state index in [1.54, 1.807) is 13.0 Å². The number of fused-ring (bicyclic) bond motifs is 1. The summed E-state index contributed by atoms with van der Waals surface area (Å²) in [6.45, 7) is 3.34. The van der Waals surface area contributed by atoms with E-state index in [4.69, 9.17) is 0 Å². The number of hydrogen-bond donors (Lipinski definition) is 1. The second-order valence-corrected chi connectivity index (χ2v) is 7.01. The first-order chi connectivity index (χ1) is 13.1. The quantitative estimate of drug-likeness (QED) is 0.773. The highest BCUT2D eigenvalue weighted by Gasteiger charge is 2.27. The first-order valence-corrected chi connectivity index (χ1v) is 9.19. The molecule has 140 valence electrons. The predicted octanol–water partition coefficient (Wildman–Crippen LogP) is 3.27. The number of nitrogens with zero attached hydrogens (tertiary/aromatic N) is 4. The van der Waals surface area contributed by atoms with Crippen LogP contribution in [0.1, 0.15) is 35.7 Å². The molecule has 1 aliphatic heterocycles. The van der Waals surface area contributed by atoms with E-state index in [0.717, 1.165) is 29.9 Å². The van der Waals surface area contributed by atoms with Crippen LogP contribution in [0.3, 0.4) is 0 Å². The Balaban J connectivity index is 1.41. The van der Waals surface area contributed by atoms with E-state index in [1.165, 1.54) is 6.07 Å². The molecule has 1 unspecified atom stereocenters. The van der Waals surface area contributed by atoms with E-state index in [-0.39, 0.29) is 17.8 Å². The molecule has 2 aromatic heterocycles. The standard InChI is InChI=1S/C20H22FN5O/c1-14-7-8-15(11-17(14)21)12-22-20(27)25-9-4-5-16(13-25)19-24-23-18-6-2-3-10-26(18)19/h2-3,6-8,10-11,16H,4-5,9,12-13H2,1H3,(H,22,27). The third-order valence-electron chi connectivity index (χ3n) is 5.09. The second-order valence-electron chi connectivity index (χ2n) is 7.01. The van der Waals surface area contributed by atoms with Crippen molar-refractivity contribution in [2.75, 3.05) is 13.1 Å². The largest absolute Gasteiger partial charge is 0.334 e. The molecule has 27 heavy (non-hydrogen) atoms. The molecule has 0 spiro atoms. The monoisotopic (exact) mass is 367 g/mol. The normalized spacial score (nSPS) is 17.3. The van der Waals surface area contributed by atoms with Gasteiger partial charge in [-0.05, 0) is 49.1 Å². The van der Waals surface area contributed by atoms with E-state index in [2.05, 4.69) is 15.5 Å². The first kappa shape index (κ1) is 17.5. The number of carbonyl (C=O) groups is 1. The number of urea groups is 1. The van der Waals surface area contributed by atoms with E-state index >= 15 is 0 Å². The molecule has 3 heterocycles. The van der Waals surface area contributed by atoms with Gasteiger partial charge in [0.2, 0.25) is 0 Å². The molecule has 6 nitrogen and oxygen atoms in total. The Kier molecular flexibility index (Phi) is 4.75. The van der Waals surface area contributed by atoms with E-state index in [1.807, 2.05) is 39.8 Å². The number of hydrogen-bond acceptors (Lipinski definition) is 3. The third kappa shape index (κ3) is 3.63. The zero-order valence-electron chi connectivity index (χ0n) is 15.2. The topological polar surface area (TPSA) is 62.5 Å². The highest BCUT2D eigenvalue weighted by atomic mass is 19.1. The van der Waals surface area contributed by atoms with Crippen molar-refractivity contribution < 1.29 is 9.18 Å². The number of pyridine rings is 1. The van der Waals surface area contributed by atoms with Gasteiger partial charge in [-0.15, -0.1) is 10.2 Å². The fraction of sp³-hybridized carbons (Fsp3) is 0.350. The fourth-order valence-corrected chi connectivity index (χ4v) is 3.55.